The van der Waals surface area contributed by atoms with Crippen molar-refractivity contribution in [2.75, 3.05) is 0 Å². The second-order valence-electron chi connectivity index (χ2n) is 6.39. The van der Waals surface area contributed by atoms with Crippen LogP contribution in [0.15, 0.2) is 42.9 Å². The Bertz CT molecular complexity index is 930. The molecule has 1 saturated heterocycles. The van der Waals surface area contributed by atoms with E-state index in [1.807, 2.05) is 13.0 Å². The zero-order valence-electron chi connectivity index (χ0n) is 13.9. The van der Waals surface area contributed by atoms with Crippen LogP contribution in [0.5, 0.6) is 0 Å². The van der Waals surface area contributed by atoms with Gasteiger partial charge in [-0.2, -0.15) is 0 Å². The maximum atomic E-state index is 10.6. The second-order valence-corrected chi connectivity index (χ2v) is 6.82. The van der Waals surface area contributed by atoms with Gasteiger partial charge < -0.3 is 24.6 Å². The topological polar surface area (TPSA) is 101 Å². The van der Waals surface area contributed by atoms with E-state index in [4.69, 9.17) is 16.3 Å². The fourth-order valence-corrected chi connectivity index (χ4v) is 3.45. The normalized spacial score (nSPS) is 27.1. The van der Waals surface area contributed by atoms with Gasteiger partial charge in [-0.25, -0.2) is 9.97 Å². The molecule has 0 radical (unpaired) electrons. The van der Waals surface area contributed by atoms with Crippen LogP contribution in [-0.4, -0.2) is 48.2 Å². The highest BCUT2D eigenvalue weighted by Gasteiger charge is 2.47. The molecule has 4 rings (SSSR count). The standard InChI is InChI=1S/C18H18ClN3O4/c1-9-12-6-7-22(17(12)21-8-20-9)18-15(25)14(24)16(26-18)13(23)10-2-4-11(19)5-3-10/h2-8,13-16,18,23-25H,1H3/t13-,14+,15-,16-,18-/m1/s1. The smallest absolute Gasteiger partial charge is 0.164 e. The minimum Gasteiger partial charge on any atom is -0.387 e. The monoisotopic (exact) mass is 375 g/mol. The van der Waals surface area contributed by atoms with Crippen molar-refractivity contribution in [1.82, 2.24) is 14.5 Å². The average Bonchev–Trinajstić information content (AvgIpc) is 3.18. The van der Waals surface area contributed by atoms with Gasteiger partial charge in [0.2, 0.25) is 0 Å². The van der Waals surface area contributed by atoms with Gasteiger partial charge in [0.05, 0.1) is 5.69 Å². The molecule has 8 heteroatoms. The molecule has 2 aromatic heterocycles. The average molecular weight is 376 g/mol. The molecule has 0 amide bonds. The molecular weight excluding hydrogens is 358 g/mol. The van der Waals surface area contributed by atoms with Crippen LogP contribution in [-0.2, 0) is 4.74 Å². The van der Waals surface area contributed by atoms with Gasteiger partial charge in [0.1, 0.15) is 36.4 Å². The molecule has 0 spiro atoms. The van der Waals surface area contributed by atoms with Crippen LogP contribution in [0.25, 0.3) is 11.0 Å². The molecule has 26 heavy (non-hydrogen) atoms. The van der Waals surface area contributed by atoms with Gasteiger partial charge in [-0.3, -0.25) is 0 Å². The zero-order valence-corrected chi connectivity index (χ0v) is 14.7. The third kappa shape index (κ3) is 2.78. The van der Waals surface area contributed by atoms with E-state index < -0.39 is 30.6 Å². The maximum absolute atomic E-state index is 10.6. The summed E-state index contributed by atoms with van der Waals surface area (Å²) in [5.41, 5.74) is 1.94. The summed E-state index contributed by atoms with van der Waals surface area (Å²) in [6, 6.07) is 8.44. The molecule has 0 bridgehead atoms. The molecule has 1 aliphatic heterocycles. The van der Waals surface area contributed by atoms with E-state index >= 15 is 0 Å². The highest BCUT2D eigenvalue weighted by Crippen LogP contribution is 2.37. The molecule has 3 heterocycles. The molecule has 136 valence electrons. The predicted octanol–water partition coefficient (Wildman–Crippen LogP) is 1.75. The third-order valence-electron chi connectivity index (χ3n) is 4.78. The third-order valence-corrected chi connectivity index (χ3v) is 5.03. The number of benzene rings is 1. The molecule has 1 fully saturated rings. The van der Waals surface area contributed by atoms with Gasteiger partial charge in [-0.1, -0.05) is 23.7 Å². The van der Waals surface area contributed by atoms with Gasteiger partial charge in [0.25, 0.3) is 0 Å². The number of fused-ring (bicyclic) bond motifs is 1. The fourth-order valence-electron chi connectivity index (χ4n) is 3.33. The highest BCUT2D eigenvalue weighted by molar-refractivity contribution is 6.30. The van der Waals surface area contributed by atoms with Crippen molar-refractivity contribution in [3.63, 3.8) is 0 Å². The van der Waals surface area contributed by atoms with E-state index in [1.165, 1.54) is 6.33 Å². The molecule has 0 saturated carbocycles. The number of hydrogen-bond acceptors (Lipinski definition) is 6. The van der Waals surface area contributed by atoms with Crippen molar-refractivity contribution >= 4 is 22.6 Å². The number of aliphatic hydroxyl groups excluding tert-OH is 3. The molecule has 1 aliphatic rings. The van der Waals surface area contributed by atoms with Gasteiger partial charge in [-0.05, 0) is 30.7 Å². The Morgan fingerprint density at radius 1 is 1.12 bits per heavy atom. The van der Waals surface area contributed by atoms with Crippen molar-refractivity contribution in [1.29, 1.82) is 0 Å². The van der Waals surface area contributed by atoms with Crippen LogP contribution in [0.4, 0.5) is 0 Å². The highest BCUT2D eigenvalue weighted by atomic mass is 35.5. The van der Waals surface area contributed by atoms with E-state index in [2.05, 4.69) is 9.97 Å². The van der Waals surface area contributed by atoms with Crippen LogP contribution < -0.4 is 0 Å². The Balaban J connectivity index is 1.65. The van der Waals surface area contributed by atoms with Crippen LogP contribution in [0, 0.1) is 6.92 Å². The Labute approximate surface area is 154 Å². The lowest BCUT2D eigenvalue weighted by Gasteiger charge is -2.21. The van der Waals surface area contributed by atoms with E-state index in [0.29, 0.717) is 16.2 Å². The summed E-state index contributed by atoms with van der Waals surface area (Å²) >= 11 is 5.87. The first-order chi connectivity index (χ1) is 12.5. The second kappa shape index (κ2) is 6.61. The SMILES string of the molecule is Cc1ncnc2c1ccn2[C@@H]1O[C@H]([C@H](O)c2ccc(Cl)cc2)[C@@H](O)[C@H]1O. The minimum atomic E-state index is -1.26. The lowest BCUT2D eigenvalue weighted by atomic mass is 9.99. The number of halogens is 1. The summed E-state index contributed by atoms with van der Waals surface area (Å²) < 4.78 is 7.49. The first kappa shape index (κ1) is 17.4. The summed E-state index contributed by atoms with van der Waals surface area (Å²) in [7, 11) is 0. The molecule has 1 aromatic carbocycles. The zero-order chi connectivity index (χ0) is 18.4. The Morgan fingerprint density at radius 2 is 1.85 bits per heavy atom. The molecule has 3 N–H and O–H groups in total. The van der Waals surface area contributed by atoms with Gasteiger partial charge in [0.15, 0.2) is 6.23 Å². The summed E-state index contributed by atoms with van der Waals surface area (Å²) in [6.45, 7) is 1.86. The maximum Gasteiger partial charge on any atom is 0.164 e. The van der Waals surface area contributed by atoms with Crippen molar-refractivity contribution < 1.29 is 20.1 Å². The lowest BCUT2D eigenvalue weighted by molar-refractivity contribution is -0.0848. The first-order valence-corrected chi connectivity index (χ1v) is 8.58. The summed E-state index contributed by atoms with van der Waals surface area (Å²) in [5, 5.41) is 32.9. The lowest BCUT2D eigenvalue weighted by Crippen LogP contribution is -2.34. The minimum absolute atomic E-state index is 0.542. The van der Waals surface area contributed by atoms with Gasteiger partial charge >= 0.3 is 0 Å². The Kier molecular flexibility index (Phi) is 4.42. The summed E-state index contributed by atoms with van der Waals surface area (Å²) in [5.74, 6) is 0. The van der Waals surface area contributed by atoms with Crippen molar-refractivity contribution in [3.8, 4) is 0 Å². The Hall–Kier alpha value is -2.03. The number of aryl methyl sites for hydroxylation is 1. The summed E-state index contributed by atoms with van der Waals surface area (Å²) in [4.78, 5) is 8.39. The summed E-state index contributed by atoms with van der Waals surface area (Å²) in [6.07, 6.45) is -2.28. The van der Waals surface area contributed by atoms with Crippen molar-refractivity contribution in [3.05, 3.63) is 59.1 Å². The van der Waals surface area contributed by atoms with Crippen LogP contribution in [0.3, 0.4) is 0 Å². The number of rotatable bonds is 3. The van der Waals surface area contributed by atoms with E-state index in [-0.39, 0.29) is 0 Å². The number of aromatic nitrogens is 3. The molecular formula is C18H18ClN3O4. The number of nitrogens with zero attached hydrogens (tertiary/aromatic N) is 3. The Morgan fingerprint density at radius 3 is 2.58 bits per heavy atom. The predicted molar refractivity (Wildman–Crippen MR) is 94.6 cm³/mol. The van der Waals surface area contributed by atoms with Gasteiger partial charge in [0, 0.05) is 16.6 Å². The van der Waals surface area contributed by atoms with E-state index in [0.717, 1.165) is 11.1 Å². The van der Waals surface area contributed by atoms with Crippen LogP contribution >= 0.6 is 11.6 Å². The van der Waals surface area contributed by atoms with Crippen molar-refractivity contribution in [2.45, 2.75) is 37.6 Å². The van der Waals surface area contributed by atoms with Gasteiger partial charge in [-0.15, -0.1) is 0 Å². The number of hydrogen-bond donors (Lipinski definition) is 3. The molecule has 0 unspecified atom stereocenters. The molecule has 0 aliphatic carbocycles. The largest absolute Gasteiger partial charge is 0.387 e. The molecule has 3 aromatic rings. The van der Waals surface area contributed by atoms with E-state index in [1.54, 1.807) is 35.0 Å². The first-order valence-electron chi connectivity index (χ1n) is 8.20. The molecule has 7 nitrogen and oxygen atoms in total. The quantitative estimate of drug-likeness (QED) is 0.644. The number of ether oxygens (including phenoxy) is 1. The van der Waals surface area contributed by atoms with E-state index in [9.17, 15) is 15.3 Å². The molecule has 5 atom stereocenters. The fraction of sp³-hybridized carbons (Fsp3) is 0.333. The van der Waals surface area contributed by atoms with Crippen LogP contribution in [0.1, 0.15) is 23.6 Å². The number of aliphatic hydroxyl groups is 3. The van der Waals surface area contributed by atoms with Crippen LogP contribution in [0.2, 0.25) is 5.02 Å². The van der Waals surface area contributed by atoms with Crippen molar-refractivity contribution in [2.24, 2.45) is 0 Å².